The maximum atomic E-state index is 11.9. The second-order valence-corrected chi connectivity index (χ2v) is 4.63. The predicted molar refractivity (Wildman–Crippen MR) is 71.2 cm³/mol. The Kier molecular flexibility index (Phi) is 3.69. The van der Waals surface area contributed by atoms with Crippen molar-refractivity contribution in [3.63, 3.8) is 0 Å². The zero-order valence-corrected chi connectivity index (χ0v) is 10.9. The molecule has 1 unspecified atom stereocenters. The maximum Gasteiger partial charge on any atom is 0.275 e. The highest BCUT2D eigenvalue weighted by Crippen LogP contribution is 2.15. The number of carbonyl (C=O) groups is 1. The number of hydrogen-bond donors (Lipinski definition) is 1. The van der Waals surface area contributed by atoms with Gasteiger partial charge in [-0.1, -0.05) is 0 Å². The number of hydrogen-bond acceptors (Lipinski definition) is 5. The van der Waals surface area contributed by atoms with Gasteiger partial charge in [-0.15, -0.1) is 0 Å². The Morgan fingerprint density at radius 2 is 2.40 bits per heavy atom. The first-order valence-electron chi connectivity index (χ1n) is 6.53. The maximum absolute atomic E-state index is 11.9. The molecule has 3 heterocycles. The number of amides is 1. The number of rotatable bonds is 4. The third-order valence-corrected chi connectivity index (χ3v) is 3.10. The molecule has 104 valence electrons. The minimum atomic E-state index is -0.297. The van der Waals surface area contributed by atoms with Crippen molar-refractivity contribution in [1.82, 2.24) is 19.7 Å². The van der Waals surface area contributed by atoms with Crippen molar-refractivity contribution in [2.45, 2.75) is 25.5 Å². The molecule has 1 atom stereocenters. The molecular formula is C13H15N5O2. The third-order valence-electron chi connectivity index (χ3n) is 3.10. The molecule has 3 rings (SSSR count). The molecule has 7 nitrogen and oxygen atoms in total. The summed E-state index contributed by atoms with van der Waals surface area (Å²) in [6.07, 6.45) is 10.2. The molecular weight excluding hydrogens is 258 g/mol. The second kappa shape index (κ2) is 5.79. The zero-order valence-electron chi connectivity index (χ0n) is 10.9. The van der Waals surface area contributed by atoms with Crippen molar-refractivity contribution < 1.29 is 9.53 Å². The van der Waals surface area contributed by atoms with E-state index in [2.05, 4.69) is 20.4 Å². The van der Waals surface area contributed by atoms with Crippen LogP contribution in [0.25, 0.3) is 0 Å². The van der Waals surface area contributed by atoms with Gasteiger partial charge in [-0.05, 0) is 12.8 Å². The Bertz CT molecular complexity index is 577. The summed E-state index contributed by atoms with van der Waals surface area (Å²) >= 11 is 0. The number of carbonyl (C=O) groups excluding carboxylic acids is 1. The fourth-order valence-corrected chi connectivity index (χ4v) is 2.14. The third kappa shape index (κ3) is 3.00. The van der Waals surface area contributed by atoms with E-state index in [4.69, 9.17) is 4.74 Å². The molecule has 1 aliphatic heterocycles. The molecule has 0 aromatic carbocycles. The van der Waals surface area contributed by atoms with Gasteiger partial charge in [0.15, 0.2) is 0 Å². The minimum absolute atomic E-state index is 0.221. The number of aromatic nitrogens is 4. The van der Waals surface area contributed by atoms with Crippen LogP contribution in [0.1, 0.15) is 23.3 Å². The lowest BCUT2D eigenvalue weighted by molar-refractivity contribution is 0.0940. The molecule has 1 aliphatic rings. The average Bonchev–Trinajstić information content (AvgIpc) is 3.12. The number of anilines is 1. The van der Waals surface area contributed by atoms with Crippen LogP contribution in [-0.4, -0.2) is 38.4 Å². The number of nitrogens with zero attached hydrogens (tertiary/aromatic N) is 4. The van der Waals surface area contributed by atoms with E-state index < -0.39 is 0 Å². The van der Waals surface area contributed by atoms with Crippen LogP contribution >= 0.6 is 0 Å². The monoisotopic (exact) mass is 273 g/mol. The number of ether oxygens (including phenoxy) is 1. The Morgan fingerprint density at radius 1 is 1.45 bits per heavy atom. The van der Waals surface area contributed by atoms with E-state index in [1.165, 1.54) is 18.6 Å². The lowest BCUT2D eigenvalue weighted by Gasteiger charge is -2.08. The molecule has 0 radical (unpaired) electrons. The van der Waals surface area contributed by atoms with Gasteiger partial charge in [-0.3, -0.25) is 14.5 Å². The van der Waals surface area contributed by atoms with E-state index in [0.717, 1.165) is 19.4 Å². The van der Waals surface area contributed by atoms with E-state index in [9.17, 15) is 4.79 Å². The van der Waals surface area contributed by atoms with Crippen LogP contribution < -0.4 is 5.32 Å². The number of nitrogens with one attached hydrogen (secondary N) is 1. The summed E-state index contributed by atoms with van der Waals surface area (Å²) < 4.78 is 7.33. The molecule has 1 saturated heterocycles. The Balaban J connectivity index is 1.60. The first-order chi connectivity index (χ1) is 9.81. The zero-order chi connectivity index (χ0) is 13.8. The van der Waals surface area contributed by atoms with Crippen LogP contribution in [0.5, 0.6) is 0 Å². The molecule has 7 heteroatoms. The van der Waals surface area contributed by atoms with Crippen molar-refractivity contribution in [2.75, 3.05) is 11.9 Å². The summed E-state index contributed by atoms with van der Waals surface area (Å²) in [5.74, 6) is -0.297. The standard InChI is InChI=1S/C13H15N5O2/c19-13(12-7-14-3-4-15-12)17-10-6-16-18(8-10)9-11-2-1-5-20-11/h3-4,6-8,11H,1-2,5,9H2,(H,17,19). The smallest absolute Gasteiger partial charge is 0.275 e. The Morgan fingerprint density at radius 3 is 3.15 bits per heavy atom. The molecule has 2 aromatic rings. The minimum Gasteiger partial charge on any atom is -0.376 e. The lowest BCUT2D eigenvalue weighted by atomic mass is 10.2. The van der Waals surface area contributed by atoms with Crippen LogP contribution in [0.15, 0.2) is 31.0 Å². The largest absolute Gasteiger partial charge is 0.376 e. The van der Waals surface area contributed by atoms with Crippen molar-refractivity contribution in [1.29, 1.82) is 0 Å². The highest BCUT2D eigenvalue weighted by Gasteiger charge is 2.16. The predicted octanol–water partition coefficient (Wildman–Crippen LogP) is 1.10. The van der Waals surface area contributed by atoms with Crippen LogP contribution in [0.4, 0.5) is 5.69 Å². The Hall–Kier alpha value is -2.28. The highest BCUT2D eigenvalue weighted by molar-refractivity contribution is 6.02. The van der Waals surface area contributed by atoms with Crippen LogP contribution in [0, 0.1) is 0 Å². The van der Waals surface area contributed by atoms with E-state index in [-0.39, 0.29) is 17.7 Å². The highest BCUT2D eigenvalue weighted by atomic mass is 16.5. The van der Waals surface area contributed by atoms with Gasteiger partial charge >= 0.3 is 0 Å². The van der Waals surface area contributed by atoms with Gasteiger partial charge < -0.3 is 10.1 Å². The van der Waals surface area contributed by atoms with Gasteiger partial charge in [0.1, 0.15) is 5.69 Å². The fourth-order valence-electron chi connectivity index (χ4n) is 2.14. The summed E-state index contributed by atoms with van der Waals surface area (Å²) in [5, 5.41) is 6.95. The van der Waals surface area contributed by atoms with Crippen molar-refractivity contribution in [3.8, 4) is 0 Å². The summed E-state index contributed by atoms with van der Waals surface area (Å²) in [7, 11) is 0. The topological polar surface area (TPSA) is 81.9 Å². The quantitative estimate of drug-likeness (QED) is 0.902. The van der Waals surface area contributed by atoms with Crippen LogP contribution in [0.3, 0.4) is 0 Å². The molecule has 0 saturated carbocycles. The normalized spacial score (nSPS) is 18.1. The van der Waals surface area contributed by atoms with E-state index >= 15 is 0 Å². The molecule has 0 spiro atoms. The van der Waals surface area contributed by atoms with Gasteiger partial charge in [0.2, 0.25) is 0 Å². The van der Waals surface area contributed by atoms with E-state index in [1.54, 1.807) is 17.1 Å². The molecule has 1 amide bonds. The van der Waals surface area contributed by atoms with Crippen molar-refractivity contribution in [3.05, 3.63) is 36.7 Å². The van der Waals surface area contributed by atoms with Gasteiger partial charge in [-0.25, -0.2) is 4.98 Å². The summed E-state index contributed by atoms with van der Waals surface area (Å²) in [5.41, 5.74) is 0.915. The molecule has 1 N–H and O–H groups in total. The van der Waals surface area contributed by atoms with Crippen molar-refractivity contribution >= 4 is 11.6 Å². The fraction of sp³-hybridized carbons (Fsp3) is 0.385. The summed E-state index contributed by atoms with van der Waals surface area (Å²) in [6.45, 7) is 1.53. The lowest BCUT2D eigenvalue weighted by Crippen LogP contribution is -2.15. The molecule has 1 fully saturated rings. The summed E-state index contributed by atoms with van der Waals surface area (Å²) in [6, 6.07) is 0. The van der Waals surface area contributed by atoms with Gasteiger partial charge in [0.25, 0.3) is 5.91 Å². The SMILES string of the molecule is O=C(Nc1cnn(CC2CCCO2)c1)c1cnccn1. The van der Waals surface area contributed by atoms with Gasteiger partial charge in [0.05, 0.1) is 30.7 Å². The first kappa shape index (κ1) is 12.7. The molecule has 0 aliphatic carbocycles. The van der Waals surface area contributed by atoms with Crippen LogP contribution in [0.2, 0.25) is 0 Å². The second-order valence-electron chi connectivity index (χ2n) is 4.63. The van der Waals surface area contributed by atoms with Crippen LogP contribution in [-0.2, 0) is 11.3 Å². The van der Waals surface area contributed by atoms with E-state index in [0.29, 0.717) is 12.2 Å². The molecule has 2 aromatic heterocycles. The first-order valence-corrected chi connectivity index (χ1v) is 6.53. The molecule has 0 bridgehead atoms. The van der Waals surface area contributed by atoms with Gasteiger partial charge in [0, 0.05) is 25.2 Å². The van der Waals surface area contributed by atoms with Crippen molar-refractivity contribution in [2.24, 2.45) is 0 Å². The van der Waals surface area contributed by atoms with E-state index in [1.807, 2.05) is 0 Å². The average molecular weight is 273 g/mol. The molecule has 20 heavy (non-hydrogen) atoms. The summed E-state index contributed by atoms with van der Waals surface area (Å²) in [4.78, 5) is 19.7. The van der Waals surface area contributed by atoms with Gasteiger partial charge in [-0.2, -0.15) is 5.10 Å². The Labute approximate surface area is 116 Å².